The molecule has 4 amide bonds. The summed E-state index contributed by atoms with van der Waals surface area (Å²) < 4.78 is 19.3. The maximum atomic E-state index is 12.9. The molecule has 1 saturated heterocycles. The number of imidazole rings is 5. The molecule has 9 aromatic rings. The number of terminal acetylenes is 1. The number of hydrogen-bond acceptors (Lipinski definition) is 13. The summed E-state index contributed by atoms with van der Waals surface area (Å²) in [7, 11) is -2.39. The molecule has 13 rings (SSSR count). The van der Waals surface area contributed by atoms with Gasteiger partial charge in [0.2, 0.25) is 11.8 Å². The number of ketones is 2. The maximum Gasteiger partial charge on any atom is 0.261 e. The molecule has 104 heavy (non-hydrogen) atoms. The minimum atomic E-state index is -2.39. The van der Waals surface area contributed by atoms with E-state index in [-0.39, 0.29) is 53.1 Å². The van der Waals surface area contributed by atoms with Gasteiger partial charge in [-0.1, -0.05) is 119 Å². The van der Waals surface area contributed by atoms with Gasteiger partial charge in [-0.2, -0.15) is 0 Å². The number of carbonyl (C=O) groups excluding carboxylic acids is 7. The topological polar surface area (TPSA) is 247 Å². The van der Waals surface area contributed by atoms with Crippen molar-refractivity contribution in [2.45, 2.75) is 186 Å². The number of aldehydes is 1. The Morgan fingerprint density at radius 1 is 0.587 bits per heavy atom. The highest BCUT2D eigenvalue weighted by molar-refractivity contribution is 14.1. The summed E-state index contributed by atoms with van der Waals surface area (Å²) in [5.41, 5.74) is 6.50. The van der Waals surface area contributed by atoms with E-state index in [1.54, 1.807) is 35.0 Å². The van der Waals surface area contributed by atoms with Crippen LogP contribution in [0.1, 0.15) is 166 Å². The summed E-state index contributed by atoms with van der Waals surface area (Å²) in [5.74, 6) is 1.57. The highest BCUT2D eigenvalue weighted by Gasteiger charge is 2.50. The number of amides is 4. The highest BCUT2D eigenvalue weighted by atomic mass is 127. The lowest BCUT2D eigenvalue weighted by Crippen LogP contribution is -2.66. The van der Waals surface area contributed by atoms with Crippen LogP contribution in [0.2, 0.25) is 5.04 Å². The number of aryl methyl sites for hydroxylation is 6. The molecule has 2 atom stereocenters. The number of Topliss-reactive ketones (excluding diaryl/α,β-unsaturated/α-hetero) is 2. The fraction of sp³-hybridized carbons (Fsp3) is 0.385. The van der Waals surface area contributed by atoms with Gasteiger partial charge in [0.1, 0.15) is 34.9 Å². The zero-order valence-electron chi connectivity index (χ0n) is 59.0. The summed E-state index contributed by atoms with van der Waals surface area (Å²) in [6.45, 7) is 12.4. The molecule has 3 aliphatic heterocycles. The van der Waals surface area contributed by atoms with E-state index in [0.29, 0.717) is 55.6 Å². The van der Waals surface area contributed by atoms with Crippen LogP contribution in [0, 0.1) is 27.1 Å². The van der Waals surface area contributed by atoms with Crippen LogP contribution in [0.3, 0.4) is 0 Å². The molecule has 1 aliphatic carbocycles. The average Bonchev–Trinajstić information content (AvgIpc) is 1.20. The molecule has 0 spiro atoms. The number of aromatic nitrogens is 10. The van der Waals surface area contributed by atoms with E-state index in [1.165, 1.54) is 21.5 Å². The number of benzene rings is 4. The number of fused-ring (bicyclic) bond motifs is 2. The van der Waals surface area contributed by atoms with Crippen LogP contribution in [-0.4, -0.2) is 126 Å². The normalized spacial score (nSPS) is 15.5. The average molecular weight is 1870 g/mol. The quantitative estimate of drug-likeness (QED) is 0.00975. The van der Waals surface area contributed by atoms with Crippen molar-refractivity contribution in [1.82, 2.24) is 63.3 Å². The monoisotopic (exact) mass is 1870 g/mol. The van der Waals surface area contributed by atoms with Gasteiger partial charge >= 0.3 is 0 Å². The zero-order valence-corrected chi connectivity index (χ0v) is 68.6. The Labute approximate surface area is 664 Å². The standard InChI is InChI=1S/C24H25N3O3.C23H29IN2OSi.C21H23IN4O3.C7H9IN2O.C3H3IN2/c1-2-18-14-26(16-25-18)12-5-3-4-7-17-8-6-9-20-21(17)15-27(24(20)30)22-11-10-19(28)13-23(22)29;1-23(2,3)28(20-12-6-4-7-13-20,21-14-8-5-9-15-21)27-17-11-10-16-26-18-22(24)25-19-26;22-18-12-25(13-23-18)10-3-1-2-5-14-6-4-7-15-16(14)11-26(21(15)29)17-8-9-19(27)24-20(17)28;8-7-5-10(6-9-7)3-1-2-4-11;4-3-1-5-2-6-3/h1,6,8-9,14,16,22H,3-5,7,10-13,15H2;4-9,12-15,18-19H,10-11,16-17H2,1-3H3;4,6-7,12-13,17H,1-3,5,8-11H2,(H,24,27,28);4-6H,1-3H2;1-2H,(H,5,6). The summed E-state index contributed by atoms with van der Waals surface area (Å²) in [4.78, 5) is 110. The summed E-state index contributed by atoms with van der Waals surface area (Å²) >= 11 is 8.78. The van der Waals surface area contributed by atoms with Crippen molar-refractivity contribution in [3.05, 3.63) is 214 Å². The van der Waals surface area contributed by atoms with E-state index >= 15 is 0 Å². The first-order chi connectivity index (χ1) is 50.2. The van der Waals surface area contributed by atoms with Crippen LogP contribution in [0.4, 0.5) is 0 Å². The van der Waals surface area contributed by atoms with Crippen LogP contribution in [0.15, 0.2) is 160 Å². The van der Waals surface area contributed by atoms with Gasteiger partial charge in [0.05, 0.1) is 54.0 Å². The van der Waals surface area contributed by atoms with Crippen molar-refractivity contribution in [2.75, 3.05) is 6.61 Å². The molecule has 21 nitrogen and oxygen atoms in total. The molecule has 2 fully saturated rings. The number of hydrogen-bond donors (Lipinski definition) is 2. The van der Waals surface area contributed by atoms with Crippen LogP contribution in [0.5, 0.6) is 0 Å². The Morgan fingerprint density at radius 2 is 1.08 bits per heavy atom. The number of piperidine rings is 1. The number of unbranched alkanes of at least 4 members (excludes halogenated alkanes) is 6. The number of nitrogens with zero attached hydrogens (tertiary/aromatic N) is 11. The summed E-state index contributed by atoms with van der Waals surface area (Å²) in [5, 5.41) is 5.08. The van der Waals surface area contributed by atoms with Gasteiger partial charge in [-0.3, -0.25) is 34.1 Å². The molecule has 2 N–H and O–H groups in total. The van der Waals surface area contributed by atoms with E-state index in [2.05, 4.69) is 240 Å². The Hall–Kier alpha value is -7.32. The Bertz CT molecular complexity index is 4310. The fourth-order valence-corrected chi connectivity index (χ4v) is 19.8. The lowest BCUT2D eigenvalue weighted by molar-refractivity contribution is -0.137. The molecule has 5 aromatic heterocycles. The largest absolute Gasteiger partial charge is 0.407 e. The first-order valence-electron chi connectivity index (χ1n) is 35.3. The third-order valence-electron chi connectivity index (χ3n) is 18.6. The molecule has 2 unspecified atom stereocenters. The molecule has 1 saturated carbocycles. The third-order valence-corrected chi connectivity index (χ3v) is 26.0. The van der Waals surface area contributed by atoms with E-state index in [4.69, 9.17) is 10.8 Å². The van der Waals surface area contributed by atoms with Gasteiger partial charge in [-0.15, -0.1) is 6.42 Å². The van der Waals surface area contributed by atoms with Crippen molar-refractivity contribution in [2.24, 2.45) is 0 Å². The molecule has 0 radical (unpaired) electrons. The van der Waals surface area contributed by atoms with Crippen LogP contribution < -0.4 is 15.7 Å². The van der Waals surface area contributed by atoms with Gasteiger partial charge in [-0.05, 0) is 217 Å². The maximum absolute atomic E-state index is 12.9. The second-order valence-electron chi connectivity index (χ2n) is 26.9. The number of rotatable bonds is 26. The van der Waals surface area contributed by atoms with E-state index < -0.39 is 20.4 Å². The number of nitrogens with one attached hydrogen (secondary N) is 2. The predicted octanol–water partition coefficient (Wildman–Crippen LogP) is 12.9. The lowest BCUT2D eigenvalue weighted by atomic mass is 9.92. The van der Waals surface area contributed by atoms with Crippen molar-refractivity contribution in [3.63, 3.8) is 0 Å². The number of carbonyl (C=O) groups is 7. The summed E-state index contributed by atoms with van der Waals surface area (Å²) in [6.07, 6.45) is 38.3. The van der Waals surface area contributed by atoms with Gasteiger partial charge in [-0.25, -0.2) is 24.9 Å². The highest BCUT2D eigenvalue weighted by Crippen LogP contribution is 2.38. The van der Waals surface area contributed by atoms with Crippen molar-refractivity contribution >= 4 is 151 Å². The van der Waals surface area contributed by atoms with E-state index in [1.807, 2.05) is 64.6 Å². The predicted molar refractivity (Wildman–Crippen MR) is 436 cm³/mol. The second-order valence-corrected chi connectivity index (χ2v) is 35.7. The smallest absolute Gasteiger partial charge is 0.261 e. The molecule has 0 bridgehead atoms. The number of imide groups is 1. The minimum absolute atomic E-state index is 0.0210. The third kappa shape index (κ3) is 22.9. The van der Waals surface area contributed by atoms with E-state index in [0.717, 1.165) is 136 Å². The molecular formula is C78H89I4N13O8Si. The van der Waals surface area contributed by atoms with Gasteiger partial charge in [0.25, 0.3) is 20.1 Å². The molecule has 8 heterocycles. The summed E-state index contributed by atoms with van der Waals surface area (Å²) in [6, 6.07) is 32.4. The lowest BCUT2D eigenvalue weighted by Gasteiger charge is -2.43. The van der Waals surface area contributed by atoms with Gasteiger partial charge in [0.15, 0.2) is 5.78 Å². The molecule has 26 heteroatoms. The Morgan fingerprint density at radius 3 is 1.51 bits per heavy atom. The van der Waals surface area contributed by atoms with Gasteiger partial charge < -0.3 is 42.3 Å². The van der Waals surface area contributed by atoms with Crippen LogP contribution in [0.25, 0.3) is 0 Å². The number of halogens is 4. The molecule has 546 valence electrons. The first kappa shape index (κ1) is 80.8. The number of aromatic amines is 1. The fourth-order valence-electron chi connectivity index (χ4n) is 13.5. The number of H-pyrrole nitrogens is 1. The SMILES string of the molecule is C#Cc1cn(CCCCCc2cccc3c2CN(C2CCC(=O)CC2=O)C3=O)cn1.CC(C)(C)[Si](OCCCCn1cnc(I)c1)(c1ccccc1)c1ccccc1.Ic1cnc[nH]1.O=C1CCC(N2Cc3c(CCCCCn4cnc(I)c4)cccc3C2=O)C(=O)N1.O=CCCCn1cnc(I)c1. The minimum Gasteiger partial charge on any atom is -0.407 e. The van der Waals surface area contributed by atoms with Crippen molar-refractivity contribution in [1.29, 1.82) is 0 Å². The first-order valence-corrected chi connectivity index (χ1v) is 41.5. The van der Waals surface area contributed by atoms with E-state index in [9.17, 15) is 33.6 Å². The molecular weight excluding hydrogens is 1780 g/mol. The Kier molecular flexibility index (Phi) is 31.4. The second kappa shape index (κ2) is 40.4. The Balaban J connectivity index is 0.000000162. The van der Waals surface area contributed by atoms with Gasteiger partial charge in [0, 0.05) is 101 Å². The molecule has 4 aliphatic rings. The molecule has 4 aromatic carbocycles. The van der Waals surface area contributed by atoms with Crippen molar-refractivity contribution in [3.8, 4) is 12.3 Å². The van der Waals surface area contributed by atoms with Crippen LogP contribution in [-0.2, 0) is 80.5 Å². The van der Waals surface area contributed by atoms with Crippen LogP contribution >= 0.6 is 90.4 Å². The van der Waals surface area contributed by atoms with Crippen molar-refractivity contribution < 1.29 is 38.0 Å². The zero-order chi connectivity index (χ0) is 74.0.